The predicted octanol–water partition coefficient (Wildman–Crippen LogP) is 2.43. The summed E-state index contributed by atoms with van der Waals surface area (Å²) in [7, 11) is 8.17. The fraction of sp³-hybridized carbons (Fsp3) is 1.00. The van der Waals surface area contributed by atoms with E-state index in [9.17, 15) is 0 Å². The summed E-state index contributed by atoms with van der Waals surface area (Å²) in [4.78, 5) is 19.4. The molecule has 0 unspecified atom stereocenters. The van der Waals surface area contributed by atoms with E-state index >= 15 is 0 Å². The van der Waals surface area contributed by atoms with Gasteiger partial charge < -0.3 is 0 Å². The lowest BCUT2D eigenvalue weighted by atomic mass is 10.6. The Labute approximate surface area is 143 Å². The van der Waals surface area contributed by atoms with Crippen molar-refractivity contribution in [2.75, 3.05) is 67.5 Å². The molecule has 0 aliphatic carbocycles. The van der Waals surface area contributed by atoms with Gasteiger partial charge in [0.05, 0.1) is 14.6 Å². The maximum absolute atomic E-state index is 6.50. The third-order valence-electron chi connectivity index (χ3n) is 4.49. The van der Waals surface area contributed by atoms with Crippen LogP contribution in [0.15, 0.2) is 0 Å². The molecular weight excluding hydrogens is 296 g/mol. The summed E-state index contributed by atoms with van der Waals surface area (Å²) in [6.07, 6.45) is 0. The maximum atomic E-state index is 6.50. The normalized spacial score (nSPS) is 14.3. The Morgan fingerprint density at radius 3 is 0.870 bits per heavy atom. The molecule has 7 nitrogen and oxygen atoms in total. The Morgan fingerprint density at radius 1 is 0.435 bits per heavy atom. The molecule has 0 fully saturated rings. The maximum Gasteiger partial charge on any atom is 0.151 e. The molecule has 0 spiro atoms. The smallest absolute Gasteiger partial charge is 0.129 e. The third kappa shape index (κ3) is 6.62. The van der Waals surface area contributed by atoms with E-state index in [0.717, 1.165) is 13.1 Å². The first-order valence-electron chi connectivity index (χ1n) is 9.02. The van der Waals surface area contributed by atoms with Gasteiger partial charge in [-0.1, -0.05) is 0 Å². The molecule has 0 aromatic carbocycles. The lowest BCUT2D eigenvalue weighted by molar-refractivity contribution is -1.56. The van der Waals surface area contributed by atoms with Crippen molar-refractivity contribution in [3.05, 3.63) is 0 Å². The van der Waals surface area contributed by atoms with Crippen molar-refractivity contribution in [3.8, 4) is 0 Å². The highest BCUT2D eigenvalue weighted by molar-refractivity contribution is 4.13. The molecule has 0 atom stereocenters. The van der Waals surface area contributed by atoms with Crippen molar-refractivity contribution in [2.45, 2.75) is 41.5 Å². The van der Waals surface area contributed by atoms with Crippen LogP contribution in [0.1, 0.15) is 41.5 Å². The van der Waals surface area contributed by atoms with Gasteiger partial charge in [0, 0.05) is 9.88 Å². The fourth-order valence-corrected chi connectivity index (χ4v) is 2.13. The summed E-state index contributed by atoms with van der Waals surface area (Å²) in [5, 5.41) is 0. The largest absolute Gasteiger partial charge is 0.151 e. The highest BCUT2D eigenvalue weighted by Gasteiger charge is 2.51. The van der Waals surface area contributed by atoms with Gasteiger partial charge in [0.25, 0.3) is 0 Å². The molecular formula is C16H42N4O3+4. The fourth-order valence-electron chi connectivity index (χ4n) is 2.13. The lowest BCUT2D eigenvalue weighted by Gasteiger charge is -2.39. The van der Waals surface area contributed by atoms with Crippen LogP contribution >= 0.6 is 0 Å². The van der Waals surface area contributed by atoms with E-state index in [2.05, 4.69) is 41.5 Å². The van der Waals surface area contributed by atoms with E-state index in [-0.39, 0.29) is 9.62 Å². The molecule has 0 aliphatic heterocycles. The number of hydrogen-bond donors (Lipinski definition) is 0. The van der Waals surface area contributed by atoms with E-state index in [0.29, 0.717) is 35.5 Å². The van der Waals surface area contributed by atoms with Gasteiger partial charge in [0.2, 0.25) is 0 Å². The predicted molar refractivity (Wildman–Crippen MR) is 91.2 cm³/mol. The van der Waals surface area contributed by atoms with Crippen molar-refractivity contribution in [2.24, 2.45) is 0 Å². The van der Waals surface area contributed by atoms with Gasteiger partial charge in [0.1, 0.15) is 41.3 Å². The van der Waals surface area contributed by atoms with Gasteiger partial charge in [-0.3, -0.25) is 0 Å². The zero-order chi connectivity index (χ0) is 18.4. The second-order valence-electron chi connectivity index (χ2n) is 6.92. The van der Waals surface area contributed by atoms with E-state index in [1.54, 1.807) is 0 Å². The summed E-state index contributed by atoms with van der Waals surface area (Å²) in [6.45, 7) is 17.1. The first kappa shape index (κ1) is 22.7. The molecule has 0 amide bonds. The number of rotatable bonds is 12. The minimum Gasteiger partial charge on any atom is -0.129 e. The minimum atomic E-state index is 0.103. The minimum absolute atomic E-state index is 0.103. The molecule has 7 heteroatoms. The van der Waals surface area contributed by atoms with E-state index in [1.807, 2.05) is 28.2 Å². The van der Waals surface area contributed by atoms with Gasteiger partial charge in [-0.2, -0.15) is 0 Å². The second-order valence-corrected chi connectivity index (χ2v) is 6.92. The number of hydroxylamine groups is 14. The molecule has 140 valence electrons. The molecule has 0 aromatic heterocycles. The molecule has 0 heterocycles. The Bertz CT molecular complexity index is 308. The quantitative estimate of drug-likeness (QED) is 0.404. The van der Waals surface area contributed by atoms with Crippen molar-refractivity contribution in [1.29, 1.82) is 0 Å². The summed E-state index contributed by atoms with van der Waals surface area (Å²) in [6, 6.07) is 0. The first-order valence-corrected chi connectivity index (χ1v) is 9.02. The Kier molecular flexibility index (Phi) is 8.60. The molecule has 0 rings (SSSR count). The molecule has 23 heavy (non-hydrogen) atoms. The number of quaternary nitrogens is 4. The summed E-state index contributed by atoms with van der Waals surface area (Å²) >= 11 is 0. The Hall–Kier alpha value is -0.280. The Balaban J connectivity index is 5.55. The topological polar surface area (TPSA) is 27.7 Å². The van der Waals surface area contributed by atoms with Crippen LogP contribution < -0.4 is 0 Å². The van der Waals surface area contributed by atoms with E-state index in [4.69, 9.17) is 14.8 Å². The van der Waals surface area contributed by atoms with Crippen LogP contribution in [-0.2, 0) is 14.8 Å². The van der Waals surface area contributed by atoms with Crippen LogP contribution in [0.4, 0.5) is 0 Å². The number of hydrogen-bond acceptors (Lipinski definition) is 3. The summed E-state index contributed by atoms with van der Waals surface area (Å²) in [5.41, 5.74) is 0. The molecule has 0 saturated heterocycles. The standard InChI is InChI=1S/C16H42N4O3/c1-11-17(7,8)21-19(13-3,14-4)23-20(15-5,16-6)22-18(9,10)12-2/h11-16H2,1-10H3/q+4. The van der Waals surface area contributed by atoms with Crippen molar-refractivity contribution < 1.29 is 33.7 Å². The summed E-state index contributed by atoms with van der Waals surface area (Å²) < 4.78 is 0.863. The van der Waals surface area contributed by atoms with Crippen LogP contribution in [0, 0.1) is 0 Å². The zero-order valence-corrected chi connectivity index (χ0v) is 17.3. The molecule has 0 bridgehead atoms. The van der Waals surface area contributed by atoms with Gasteiger partial charge in [-0.05, 0) is 41.5 Å². The van der Waals surface area contributed by atoms with Crippen molar-refractivity contribution >= 4 is 0 Å². The lowest BCUT2D eigenvalue weighted by Crippen LogP contribution is -2.67. The van der Waals surface area contributed by atoms with Crippen molar-refractivity contribution in [3.63, 3.8) is 0 Å². The molecule has 0 aromatic rings. The Morgan fingerprint density at radius 2 is 0.696 bits per heavy atom. The average molecular weight is 339 g/mol. The molecule has 0 saturated carbocycles. The third-order valence-corrected chi connectivity index (χ3v) is 4.49. The van der Waals surface area contributed by atoms with Gasteiger partial charge in [-0.25, -0.2) is 0 Å². The van der Waals surface area contributed by atoms with E-state index in [1.165, 1.54) is 0 Å². The zero-order valence-electron chi connectivity index (χ0n) is 17.3. The van der Waals surface area contributed by atoms with Crippen LogP contribution in [-0.4, -0.2) is 86.4 Å². The molecule has 0 aliphatic rings. The summed E-state index contributed by atoms with van der Waals surface area (Å²) in [5.74, 6) is 0. The van der Waals surface area contributed by atoms with Gasteiger partial charge in [-0.15, -0.1) is 9.29 Å². The van der Waals surface area contributed by atoms with Crippen LogP contribution in [0.2, 0.25) is 0 Å². The molecule has 0 radical (unpaired) electrons. The van der Waals surface area contributed by atoms with Gasteiger partial charge >= 0.3 is 0 Å². The van der Waals surface area contributed by atoms with E-state index < -0.39 is 0 Å². The van der Waals surface area contributed by atoms with Crippen LogP contribution in [0.5, 0.6) is 0 Å². The SMILES string of the molecule is CC[N+](C)(C)O[N+](CC)(CC)O[N+](CC)(CC)O[N+](C)(C)CC. The van der Waals surface area contributed by atoms with Crippen molar-refractivity contribution in [1.82, 2.24) is 0 Å². The highest BCUT2D eigenvalue weighted by atomic mass is 17.2. The van der Waals surface area contributed by atoms with Gasteiger partial charge in [0.15, 0.2) is 26.2 Å². The first-order chi connectivity index (χ1) is 10.5. The van der Waals surface area contributed by atoms with Crippen LogP contribution in [0.25, 0.3) is 0 Å². The monoisotopic (exact) mass is 338 g/mol. The number of nitrogens with zero attached hydrogens (tertiary/aromatic N) is 4. The second kappa shape index (κ2) is 8.71. The highest BCUT2D eigenvalue weighted by Crippen LogP contribution is 2.24. The average Bonchev–Trinajstić information content (AvgIpc) is 2.53. The van der Waals surface area contributed by atoms with Crippen LogP contribution in [0.3, 0.4) is 0 Å². The molecule has 0 N–H and O–H groups in total.